The number of amides is 1. The molecule has 0 heterocycles. The third-order valence-electron chi connectivity index (χ3n) is 2.63. The lowest BCUT2D eigenvalue weighted by Crippen LogP contribution is -2.33. The number of carbonyl (C=O) groups excluding carboxylic acids is 1. The van der Waals surface area contributed by atoms with Gasteiger partial charge in [-0.1, -0.05) is 17.7 Å². The van der Waals surface area contributed by atoms with Crippen LogP contribution in [-0.2, 0) is 4.74 Å². The molecule has 19 heavy (non-hydrogen) atoms. The van der Waals surface area contributed by atoms with Gasteiger partial charge in [-0.15, -0.1) is 0 Å². The maximum absolute atomic E-state index is 11.8. The van der Waals surface area contributed by atoms with Crippen LogP contribution in [0.2, 0.25) is 0 Å². The average molecular weight is 264 g/mol. The predicted octanol–water partition coefficient (Wildman–Crippen LogP) is 1.74. The standard InChI is InChI=1S/C15H24N2O2/c1-12(2)19-11-10-16-8-9-17-15(18)14-6-4-13(3)5-7-14/h4-7,12,16H,8-11H2,1-3H3,(H,17,18). The summed E-state index contributed by atoms with van der Waals surface area (Å²) in [6.45, 7) is 8.91. The van der Waals surface area contributed by atoms with Crippen molar-refractivity contribution in [2.24, 2.45) is 0 Å². The van der Waals surface area contributed by atoms with E-state index < -0.39 is 0 Å². The molecule has 0 aromatic heterocycles. The van der Waals surface area contributed by atoms with E-state index in [4.69, 9.17) is 4.74 Å². The predicted molar refractivity (Wildman–Crippen MR) is 77.5 cm³/mol. The normalized spacial score (nSPS) is 10.7. The fourth-order valence-electron chi connectivity index (χ4n) is 1.56. The quantitative estimate of drug-likeness (QED) is 0.703. The van der Waals surface area contributed by atoms with E-state index in [-0.39, 0.29) is 12.0 Å². The van der Waals surface area contributed by atoms with Crippen LogP contribution in [0.5, 0.6) is 0 Å². The number of hydrogen-bond acceptors (Lipinski definition) is 3. The van der Waals surface area contributed by atoms with E-state index in [1.165, 1.54) is 0 Å². The molecule has 0 atom stereocenters. The van der Waals surface area contributed by atoms with Crippen molar-refractivity contribution in [3.8, 4) is 0 Å². The first kappa shape index (κ1) is 15.7. The van der Waals surface area contributed by atoms with Gasteiger partial charge < -0.3 is 15.4 Å². The lowest BCUT2D eigenvalue weighted by molar-refractivity contribution is 0.0809. The Hall–Kier alpha value is -1.39. The molecule has 1 aromatic carbocycles. The van der Waals surface area contributed by atoms with Crippen LogP contribution in [0.1, 0.15) is 29.8 Å². The molecule has 0 aliphatic carbocycles. The second-order valence-corrected chi connectivity index (χ2v) is 4.79. The molecular formula is C15H24N2O2. The Bertz CT molecular complexity index is 374. The van der Waals surface area contributed by atoms with Crippen LogP contribution in [0.25, 0.3) is 0 Å². The van der Waals surface area contributed by atoms with Crippen LogP contribution in [0.4, 0.5) is 0 Å². The zero-order chi connectivity index (χ0) is 14.1. The molecule has 0 fully saturated rings. The van der Waals surface area contributed by atoms with Gasteiger partial charge in [0.15, 0.2) is 0 Å². The highest BCUT2D eigenvalue weighted by molar-refractivity contribution is 5.94. The number of rotatable bonds is 8. The SMILES string of the molecule is Cc1ccc(C(=O)NCCNCCOC(C)C)cc1. The van der Waals surface area contributed by atoms with Crippen LogP contribution in [0, 0.1) is 6.92 Å². The summed E-state index contributed by atoms with van der Waals surface area (Å²) in [5.41, 5.74) is 1.86. The molecule has 106 valence electrons. The van der Waals surface area contributed by atoms with Crippen molar-refractivity contribution in [3.63, 3.8) is 0 Å². The van der Waals surface area contributed by atoms with Crippen LogP contribution >= 0.6 is 0 Å². The van der Waals surface area contributed by atoms with Gasteiger partial charge in [0.25, 0.3) is 5.91 Å². The molecule has 0 aliphatic rings. The van der Waals surface area contributed by atoms with Gasteiger partial charge in [-0.2, -0.15) is 0 Å². The van der Waals surface area contributed by atoms with Crippen LogP contribution < -0.4 is 10.6 Å². The Kier molecular flexibility index (Phi) is 7.15. The first-order chi connectivity index (χ1) is 9.09. The number of nitrogens with one attached hydrogen (secondary N) is 2. The van der Waals surface area contributed by atoms with Crippen molar-refractivity contribution >= 4 is 5.91 Å². The minimum absolute atomic E-state index is 0.0276. The zero-order valence-corrected chi connectivity index (χ0v) is 12.0. The smallest absolute Gasteiger partial charge is 0.251 e. The Morgan fingerprint density at radius 1 is 1.16 bits per heavy atom. The molecule has 0 saturated heterocycles. The number of benzene rings is 1. The molecule has 0 unspecified atom stereocenters. The summed E-state index contributed by atoms with van der Waals surface area (Å²) in [4.78, 5) is 11.8. The third kappa shape index (κ3) is 6.94. The van der Waals surface area contributed by atoms with Crippen molar-refractivity contribution in [1.29, 1.82) is 0 Å². The van der Waals surface area contributed by atoms with Gasteiger partial charge >= 0.3 is 0 Å². The van der Waals surface area contributed by atoms with Gasteiger partial charge in [0.1, 0.15) is 0 Å². The Labute approximate surface area is 115 Å². The highest BCUT2D eigenvalue weighted by atomic mass is 16.5. The first-order valence-electron chi connectivity index (χ1n) is 6.77. The van der Waals surface area contributed by atoms with E-state index in [0.29, 0.717) is 18.7 Å². The van der Waals surface area contributed by atoms with Crippen molar-refractivity contribution in [2.45, 2.75) is 26.9 Å². The molecule has 2 N–H and O–H groups in total. The van der Waals surface area contributed by atoms with Gasteiger partial charge in [0, 0.05) is 25.2 Å². The fraction of sp³-hybridized carbons (Fsp3) is 0.533. The molecule has 0 saturated carbocycles. The Morgan fingerprint density at radius 2 is 1.84 bits per heavy atom. The van der Waals surface area contributed by atoms with Crippen molar-refractivity contribution in [2.75, 3.05) is 26.2 Å². The molecule has 0 spiro atoms. The van der Waals surface area contributed by atoms with Gasteiger partial charge in [0.2, 0.25) is 0 Å². The molecule has 4 heteroatoms. The number of aryl methyl sites for hydroxylation is 1. The van der Waals surface area contributed by atoms with E-state index in [0.717, 1.165) is 18.7 Å². The summed E-state index contributed by atoms with van der Waals surface area (Å²) in [6.07, 6.45) is 0.267. The Morgan fingerprint density at radius 3 is 2.47 bits per heavy atom. The van der Waals surface area contributed by atoms with E-state index in [1.807, 2.05) is 45.0 Å². The summed E-state index contributed by atoms with van der Waals surface area (Å²) in [5.74, 6) is -0.0276. The molecule has 1 amide bonds. The van der Waals surface area contributed by atoms with E-state index >= 15 is 0 Å². The van der Waals surface area contributed by atoms with Gasteiger partial charge in [-0.25, -0.2) is 0 Å². The minimum atomic E-state index is -0.0276. The van der Waals surface area contributed by atoms with Crippen LogP contribution in [0.3, 0.4) is 0 Å². The third-order valence-corrected chi connectivity index (χ3v) is 2.63. The maximum Gasteiger partial charge on any atom is 0.251 e. The summed E-state index contributed by atoms with van der Waals surface area (Å²) < 4.78 is 5.40. The molecule has 1 aromatic rings. The number of hydrogen-bond donors (Lipinski definition) is 2. The molecular weight excluding hydrogens is 240 g/mol. The zero-order valence-electron chi connectivity index (χ0n) is 12.0. The van der Waals surface area contributed by atoms with Crippen molar-refractivity contribution < 1.29 is 9.53 Å². The number of carbonyl (C=O) groups is 1. The molecule has 4 nitrogen and oxygen atoms in total. The van der Waals surface area contributed by atoms with E-state index in [2.05, 4.69) is 10.6 Å². The van der Waals surface area contributed by atoms with Gasteiger partial charge in [0.05, 0.1) is 12.7 Å². The van der Waals surface area contributed by atoms with Crippen LogP contribution in [-0.4, -0.2) is 38.3 Å². The van der Waals surface area contributed by atoms with Crippen molar-refractivity contribution in [1.82, 2.24) is 10.6 Å². The minimum Gasteiger partial charge on any atom is -0.377 e. The average Bonchev–Trinajstić information content (AvgIpc) is 2.38. The molecule has 1 rings (SSSR count). The monoisotopic (exact) mass is 264 g/mol. The Balaban J connectivity index is 2.09. The van der Waals surface area contributed by atoms with Gasteiger partial charge in [-0.3, -0.25) is 4.79 Å². The summed E-state index contributed by atoms with van der Waals surface area (Å²) >= 11 is 0. The highest BCUT2D eigenvalue weighted by Crippen LogP contribution is 2.02. The largest absolute Gasteiger partial charge is 0.377 e. The van der Waals surface area contributed by atoms with Crippen LogP contribution in [0.15, 0.2) is 24.3 Å². The van der Waals surface area contributed by atoms with E-state index in [1.54, 1.807) is 0 Å². The van der Waals surface area contributed by atoms with Gasteiger partial charge in [-0.05, 0) is 32.9 Å². The molecule has 0 bridgehead atoms. The topological polar surface area (TPSA) is 50.4 Å². The second-order valence-electron chi connectivity index (χ2n) is 4.79. The summed E-state index contributed by atoms with van der Waals surface area (Å²) in [5, 5.41) is 6.09. The summed E-state index contributed by atoms with van der Waals surface area (Å²) in [6, 6.07) is 7.57. The lowest BCUT2D eigenvalue weighted by Gasteiger charge is -2.09. The highest BCUT2D eigenvalue weighted by Gasteiger charge is 2.03. The fourth-order valence-corrected chi connectivity index (χ4v) is 1.56. The maximum atomic E-state index is 11.8. The number of ether oxygens (including phenoxy) is 1. The van der Waals surface area contributed by atoms with E-state index in [9.17, 15) is 4.79 Å². The summed E-state index contributed by atoms with van der Waals surface area (Å²) in [7, 11) is 0. The molecule has 0 radical (unpaired) electrons. The molecule has 0 aliphatic heterocycles. The lowest BCUT2D eigenvalue weighted by atomic mass is 10.1. The first-order valence-corrected chi connectivity index (χ1v) is 6.77. The van der Waals surface area contributed by atoms with Crippen molar-refractivity contribution in [3.05, 3.63) is 35.4 Å². The second kappa shape index (κ2) is 8.67.